The van der Waals surface area contributed by atoms with Crippen LogP contribution >= 0.6 is 0 Å². The maximum atomic E-state index is 8.94. The Morgan fingerprint density at radius 1 is 1.12 bits per heavy atom. The van der Waals surface area contributed by atoms with Crippen molar-refractivity contribution in [2.24, 2.45) is 0 Å². The molecule has 5 nitrogen and oxygen atoms in total. The number of hydrogen-bond donors (Lipinski definition) is 0. The molecule has 0 N–H and O–H groups in total. The van der Waals surface area contributed by atoms with Crippen LogP contribution in [0, 0.1) is 25.2 Å². The molecule has 5 heteroatoms. The summed E-state index contributed by atoms with van der Waals surface area (Å²) in [5.74, 6) is 0.834. The molecule has 3 rings (SSSR count). The standard InChI is InChI=1S/C21H22N4O/c1-15-21(14-26-20-7-5-6-19(12-20)24(3)4)16(2)25(23-15)18-10-8-17(13-22)9-11-18/h5-12H,14H2,1-4H3. The summed E-state index contributed by atoms with van der Waals surface area (Å²) in [4.78, 5) is 2.05. The third-order valence-corrected chi connectivity index (χ3v) is 4.40. The number of rotatable bonds is 5. The van der Waals surface area contributed by atoms with Gasteiger partial charge in [0.2, 0.25) is 0 Å². The minimum absolute atomic E-state index is 0.463. The molecule has 0 aliphatic carbocycles. The van der Waals surface area contributed by atoms with Crippen molar-refractivity contribution in [1.29, 1.82) is 5.26 Å². The van der Waals surface area contributed by atoms with Gasteiger partial charge in [-0.25, -0.2) is 4.68 Å². The van der Waals surface area contributed by atoms with Gasteiger partial charge in [-0.15, -0.1) is 0 Å². The number of nitrogens with zero attached hydrogens (tertiary/aromatic N) is 4. The molecular formula is C21H22N4O. The molecule has 0 aliphatic rings. The lowest BCUT2D eigenvalue weighted by Crippen LogP contribution is -2.08. The summed E-state index contributed by atoms with van der Waals surface area (Å²) in [6.07, 6.45) is 0. The van der Waals surface area contributed by atoms with Crippen LogP contribution < -0.4 is 9.64 Å². The molecule has 26 heavy (non-hydrogen) atoms. The molecule has 0 amide bonds. The Hall–Kier alpha value is -3.26. The topological polar surface area (TPSA) is 54.1 Å². The number of nitriles is 1. The van der Waals surface area contributed by atoms with Gasteiger partial charge in [-0.3, -0.25) is 0 Å². The van der Waals surface area contributed by atoms with E-state index in [9.17, 15) is 0 Å². The molecule has 0 unspecified atom stereocenters. The Morgan fingerprint density at radius 2 is 1.85 bits per heavy atom. The maximum absolute atomic E-state index is 8.94. The predicted molar refractivity (Wildman–Crippen MR) is 103 cm³/mol. The van der Waals surface area contributed by atoms with Gasteiger partial charge in [0, 0.05) is 37.1 Å². The highest BCUT2D eigenvalue weighted by Crippen LogP contribution is 2.23. The third kappa shape index (κ3) is 3.55. The fraction of sp³-hybridized carbons (Fsp3) is 0.238. The molecule has 0 fully saturated rings. The lowest BCUT2D eigenvalue weighted by atomic mass is 10.2. The Kier molecular flexibility index (Phi) is 4.94. The summed E-state index contributed by atoms with van der Waals surface area (Å²) in [5.41, 5.74) is 5.73. The van der Waals surface area contributed by atoms with E-state index in [0.29, 0.717) is 12.2 Å². The molecule has 0 atom stereocenters. The first-order valence-corrected chi connectivity index (χ1v) is 8.45. The number of aryl methyl sites for hydroxylation is 1. The SMILES string of the molecule is Cc1nn(-c2ccc(C#N)cc2)c(C)c1COc1cccc(N(C)C)c1. The molecule has 1 heterocycles. The minimum atomic E-state index is 0.463. The van der Waals surface area contributed by atoms with Crippen LogP contribution in [-0.2, 0) is 6.61 Å². The van der Waals surface area contributed by atoms with E-state index < -0.39 is 0 Å². The van der Waals surface area contributed by atoms with E-state index >= 15 is 0 Å². The molecule has 0 radical (unpaired) electrons. The Morgan fingerprint density at radius 3 is 2.50 bits per heavy atom. The van der Waals surface area contributed by atoms with E-state index in [1.807, 2.05) is 73.9 Å². The fourth-order valence-electron chi connectivity index (χ4n) is 2.82. The van der Waals surface area contributed by atoms with Gasteiger partial charge in [0.1, 0.15) is 12.4 Å². The van der Waals surface area contributed by atoms with E-state index in [1.54, 1.807) is 12.1 Å². The van der Waals surface area contributed by atoms with Crippen LogP contribution in [0.2, 0.25) is 0 Å². The van der Waals surface area contributed by atoms with Gasteiger partial charge in [0.25, 0.3) is 0 Å². The molecular weight excluding hydrogens is 324 g/mol. The number of anilines is 1. The van der Waals surface area contributed by atoms with E-state index in [-0.39, 0.29) is 0 Å². The van der Waals surface area contributed by atoms with Crippen molar-refractivity contribution in [3.63, 3.8) is 0 Å². The predicted octanol–water partition coefficient (Wildman–Crippen LogP) is 4.01. The second-order valence-electron chi connectivity index (χ2n) is 6.40. The summed E-state index contributed by atoms with van der Waals surface area (Å²) >= 11 is 0. The Labute approximate surface area is 154 Å². The Bertz CT molecular complexity index is 949. The molecule has 2 aromatic carbocycles. The van der Waals surface area contributed by atoms with Crippen LogP contribution in [-0.4, -0.2) is 23.9 Å². The number of aromatic nitrogens is 2. The summed E-state index contributed by atoms with van der Waals surface area (Å²) in [7, 11) is 4.02. The largest absolute Gasteiger partial charge is 0.489 e. The van der Waals surface area contributed by atoms with E-state index in [2.05, 4.69) is 11.2 Å². The average Bonchev–Trinajstić information content (AvgIpc) is 2.94. The first-order valence-electron chi connectivity index (χ1n) is 8.45. The molecule has 0 spiro atoms. The van der Waals surface area contributed by atoms with E-state index in [0.717, 1.165) is 34.1 Å². The monoisotopic (exact) mass is 346 g/mol. The second kappa shape index (κ2) is 7.32. The van der Waals surface area contributed by atoms with Gasteiger partial charge in [0.15, 0.2) is 0 Å². The highest BCUT2D eigenvalue weighted by molar-refractivity contribution is 5.49. The lowest BCUT2D eigenvalue weighted by molar-refractivity contribution is 0.304. The number of ether oxygens (including phenoxy) is 1. The molecule has 0 bridgehead atoms. The van der Waals surface area contributed by atoms with Crippen molar-refractivity contribution in [1.82, 2.24) is 9.78 Å². The van der Waals surface area contributed by atoms with Crippen LogP contribution in [0.5, 0.6) is 5.75 Å². The molecule has 3 aromatic rings. The molecule has 0 aliphatic heterocycles. The number of benzene rings is 2. The van der Waals surface area contributed by atoms with Gasteiger partial charge in [-0.05, 0) is 50.2 Å². The van der Waals surface area contributed by atoms with Crippen molar-refractivity contribution in [2.75, 3.05) is 19.0 Å². The highest BCUT2D eigenvalue weighted by atomic mass is 16.5. The number of hydrogen-bond acceptors (Lipinski definition) is 4. The average molecular weight is 346 g/mol. The minimum Gasteiger partial charge on any atom is -0.489 e. The zero-order chi connectivity index (χ0) is 18.7. The van der Waals surface area contributed by atoms with E-state index in [1.165, 1.54) is 0 Å². The zero-order valence-corrected chi connectivity index (χ0v) is 15.5. The summed E-state index contributed by atoms with van der Waals surface area (Å²) in [6, 6.07) is 17.6. The zero-order valence-electron chi connectivity index (χ0n) is 15.5. The smallest absolute Gasteiger partial charge is 0.121 e. The summed E-state index contributed by atoms with van der Waals surface area (Å²) in [6.45, 7) is 4.49. The maximum Gasteiger partial charge on any atom is 0.121 e. The molecule has 0 saturated carbocycles. The second-order valence-corrected chi connectivity index (χ2v) is 6.40. The first kappa shape index (κ1) is 17.6. The van der Waals surface area contributed by atoms with Crippen LogP contribution in [0.15, 0.2) is 48.5 Å². The molecule has 0 saturated heterocycles. The normalized spacial score (nSPS) is 10.4. The van der Waals surface area contributed by atoms with Gasteiger partial charge in [-0.2, -0.15) is 10.4 Å². The van der Waals surface area contributed by atoms with Crippen molar-refractivity contribution in [2.45, 2.75) is 20.5 Å². The fourth-order valence-corrected chi connectivity index (χ4v) is 2.82. The van der Waals surface area contributed by atoms with Gasteiger partial charge < -0.3 is 9.64 Å². The summed E-state index contributed by atoms with van der Waals surface area (Å²) < 4.78 is 7.90. The Balaban J connectivity index is 1.82. The molecule has 1 aromatic heterocycles. The van der Waals surface area contributed by atoms with E-state index in [4.69, 9.17) is 10.00 Å². The summed E-state index contributed by atoms with van der Waals surface area (Å²) in [5, 5.41) is 13.6. The van der Waals surface area contributed by atoms with Crippen molar-refractivity contribution in [3.8, 4) is 17.5 Å². The molecule has 132 valence electrons. The quantitative estimate of drug-likeness (QED) is 0.700. The van der Waals surface area contributed by atoms with Crippen molar-refractivity contribution < 1.29 is 4.74 Å². The van der Waals surface area contributed by atoms with Crippen molar-refractivity contribution in [3.05, 3.63) is 71.0 Å². The van der Waals surface area contributed by atoms with Crippen LogP contribution in [0.4, 0.5) is 5.69 Å². The van der Waals surface area contributed by atoms with Crippen LogP contribution in [0.3, 0.4) is 0 Å². The highest BCUT2D eigenvalue weighted by Gasteiger charge is 2.13. The third-order valence-electron chi connectivity index (χ3n) is 4.40. The van der Waals surface area contributed by atoms with Crippen molar-refractivity contribution >= 4 is 5.69 Å². The van der Waals surface area contributed by atoms with Gasteiger partial charge in [0.05, 0.1) is 23.0 Å². The van der Waals surface area contributed by atoms with Crippen LogP contribution in [0.25, 0.3) is 5.69 Å². The van der Waals surface area contributed by atoms with Gasteiger partial charge >= 0.3 is 0 Å². The first-order chi connectivity index (χ1) is 12.5. The lowest BCUT2D eigenvalue weighted by Gasteiger charge is -2.14. The van der Waals surface area contributed by atoms with Crippen LogP contribution in [0.1, 0.15) is 22.5 Å². The van der Waals surface area contributed by atoms with Gasteiger partial charge in [-0.1, -0.05) is 6.07 Å².